The second-order valence-electron chi connectivity index (χ2n) is 8.76. The van der Waals surface area contributed by atoms with E-state index < -0.39 is 0 Å². The summed E-state index contributed by atoms with van der Waals surface area (Å²) in [6.45, 7) is 9.78. The van der Waals surface area contributed by atoms with E-state index in [9.17, 15) is 9.18 Å². The molecule has 6 heteroatoms. The molecule has 1 N–H and O–H groups in total. The molecule has 0 spiro atoms. The number of rotatable bonds is 5. The van der Waals surface area contributed by atoms with Crippen molar-refractivity contribution in [3.8, 4) is 0 Å². The van der Waals surface area contributed by atoms with E-state index >= 15 is 0 Å². The first-order valence-electron chi connectivity index (χ1n) is 10.9. The van der Waals surface area contributed by atoms with Crippen LogP contribution in [0.25, 0.3) is 0 Å². The predicted octanol–water partition coefficient (Wildman–Crippen LogP) is 4.47. The maximum absolute atomic E-state index is 13.3. The highest BCUT2D eigenvalue weighted by molar-refractivity contribution is 5.97. The first-order chi connectivity index (χ1) is 14.5. The predicted molar refractivity (Wildman–Crippen MR) is 120 cm³/mol. The second kappa shape index (κ2) is 9.04. The summed E-state index contributed by atoms with van der Waals surface area (Å²) in [6.07, 6.45) is 1.14. The van der Waals surface area contributed by atoms with Crippen LogP contribution in [0, 0.1) is 17.7 Å². The molecule has 0 aromatic heterocycles. The summed E-state index contributed by atoms with van der Waals surface area (Å²) in [5.74, 6) is 0.944. The summed E-state index contributed by atoms with van der Waals surface area (Å²) in [5.41, 5.74) is 2.79. The van der Waals surface area contributed by atoms with Crippen molar-refractivity contribution in [1.29, 1.82) is 0 Å². The lowest BCUT2D eigenvalue weighted by Gasteiger charge is -2.37. The number of amides is 2. The molecule has 1 saturated heterocycles. The maximum atomic E-state index is 13.3. The summed E-state index contributed by atoms with van der Waals surface area (Å²) in [6, 6.07) is 14.4. The van der Waals surface area contributed by atoms with Gasteiger partial charge in [0.05, 0.1) is 11.4 Å². The molecule has 2 aromatic carbocycles. The number of halogens is 1. The molecular formula is C24H31FN4O. The van der Waals surface area contributed by atoms with Crippen molar-refractivity contribution in [2.75, 3.05) is 49.1 Å². The fourth-order valence-electron chi connectivity index (χ4n) is 4.55. The van der Waals surface area contributed by atoms with Crippen LogP contribution in [0.15, 0.2) is 48.5 Å². The van der Waals surface area contributed by atoms with E-state index in [-0.39, 0.29) is 11.8 Å². The normalized spacial score (nSPS) is 19.3. The molecular weight excluding hydrogens is 379 g/mol. The van der Waals surface area contributed by atoms with Gasteiger partial charge >= 0.3 is 6.03 Å². The number of likely N-dealkylation sites (tertiary alicyclic amines) is 1. The van der Waals surface area contributed by atoms with E-state index in [0.29, 0.717) is 31.5 Å². The topological polar surface area (TPSA) is 38.8 Å². The average Bonchev–Trinajstić information content (AvgIpc) is 3.18. The van der Waals surface area contributed by atoms with Crippen molar-refractivity contribution in [3.63, 3.8) is 0 Å². The maximum Gasteiger partial charge on any atom is 0.322 e. The van der Waals surface area contributed by atoms with Crippen LogP contribution < -0.4 is 15.1 Å². The number of nitrogens with one attached hydrogen (secondary N) is 1. The van der Waals surface area contributed by atoms with Crippen molar-refractivity contribution in [2.45, 2.75) is 20.3 Å². The van der Waals surface area contributed by atoms with Gasteiger partial charge in [0.1, 0.15) is 5.82 Å². The number of para-hydroxylation sites is 2. The van der Waals surface area contributed by atoms with Crippen LogP contribution in [-0.4, -0.2) is 50.2 Å². The van der Waals surface area contributed by atoms with E-state index in [2.05, 4.69) is 29.0 Å². The number of anilines is 3. The molecule has 0 unspecified atom stereocenters. The Labute approximate surface area is 178 Å². The van der Waals surface area contributed by atoms with E-state index in [1.165, 1.54) is 12.1 Å². The van der Waals surface area contributed by atoms with Gasteiger partial charge < -0.3 is 15.1 Å². The average molecular weight is 411 g/mol. The summed E-state index contributed by atoms with van der Waals surface area (Å²) in [5, 5.41) is 3.16. The highest BCUT2D eigenvalue weighted by Gasteiger charge is 2.29. The molecule has 2 aliphatic rings. The highest BCUT2D eigenvalue weighted by atomic mass is 19.1. The third kappa shape index (κ3) is 4.59. The van der Waals surface area contributed by atoms with Gasteiger partial charge in [-0.25, -0.2) is 9.18 Å². The van der Waals surface area contributed by atoms with Gasteiger partial charge in [-0.05, 0) is 61.2 Å². The highest BCUT2D eigenvalue weighted by Crippen LogP contribution is 2.37. The number of urea groups is 1. The number of hydrogen-bond donors (Lipinski definition) is 1. The van der Waals surface area contributed by atoms with Gasteiger partial charge in [-0.1, -0.05) is 26.0 Å². The minimum Gasteiger partial charge on any atom is -0.338 e. The fraction of sp³-hybridized carbons (Fsp3) is 0.458. The van der Waals surface area contributed by atoms with Gasteiger partial charge in [0, 0.05) is 38.4 Å². The smallest absolute Gasteiger partial charge is 0.322 e. The Balaban J connectivity index is 1.41. The molecule has 2 aliphatic heterocycles. The number of hydrogen-bond acceptors (Lipinski definition) is 3. The van der Waals surface area contributed by atoms with Crippen LogP contribution in [0.3, 0.4) is 0 Å². The number of carbonyl (C=O) groups excluding carboxylic acids is 1. The van der Waals surface area contributed by atoms with Gasteiger partial charge in [0.2, 0.25) is 0 Å². The van der Waals surface area contributed by atoms with Gasteiger partial charge in [-0.3, -0.25) is 4.90 Å². The molecule has 2 aromatic rings. The molecule has 160 valence electrons. The lowest BCUT2D eigenvalue weighted by molar-refractivity contribution is 0.243. The van der Waals surface area contributed by atoms with Gasteiger partial charge in [0.25, 0.3) is 0 Å². The Morgan fingerprint density at radius 2 is 1.80 bits per heavy atom. The summed E-state index contributed by atoms with van der Waals surface area (Å²) in [7, 11) is 0. The number of nitrogens with zero attached hydrogens (tertiary/aromatic N) is 3. The standard InChI is InChI=1S/C24H31FN4O/c1-18(2)16-27-12-11-19(17-27)15-26-24(30)29-14-13-28(21-9-7-20(25)8-10-21)22-5-3-4-6-23(22)29/h3-10,18-19H,11-17H2,1-2H3,(H,26,30)/t19-/m1/s1. The summed E-state index contributed by atoms with van der Waals surface area (Å²) in [4.78, 5) is 19.5. The Morgan fingerprint density at radius 3 is 2.53 bits per heavy atom. The summed E-state index contributed by atoms with van der Waals surface area (Å²) >= 11 is 0. The molecule has 4 rings (SSSR count). The van der Waals surface area contributed by atoms with Crippen molar-refractivity contribution in [1.82, 2.24) is 10.2 Å². The zero-order chi connectivity index (χ0) is 21.1. The van der Waals surface area contributed by atoms with Crippen LogP contribution in [0.4, 0.5) is 26.2 Å². The van der Waals surface area contributed by atoms with Crippen LogP contribution >= 0.6 is 0 Å². The van der Waals surface area contributed by atoms with Crippen LogP contribution in [0.2, 0.25) is 0 Å². The SMILES string of the molecule is CC(C)CN1CC[C@H](CNC(=O)N2CCN(c3ccc(F)cc3)c3ccccc32)C1. The Kier molecular flexibility index (Phi) is 6.23. The van der Waals surface area contributed by atoms with E-state index in [0.717, 1.165) is 43.1 Å². The minimum atomic E-state index is -0.246. The number of carbonyl (C=O) groups is 1. The first kappa shape index (κ1) is 20.7. The molecule has 30 heavy (non-hydrogen) atoms. The Morgan fingerprint density at radius 1 is 1.07 bits per heavy atom. The molecule has 1 fully saturated rings. The molecule has 0 bridgehead atoms. The summed E-state index contributed by atoms with van der Waals surface area (Å²) < 4.78 is 13.3. The molecule has 2 heterocycles. The van der Waals surface area contributed by atoms with Crippen molar-refractivity contribution in [3.05, 3.63) is 54.3 Å². The second-order valence-corrected chi connectivity index (χ2v) is 8.76. The Hall–Kier alpha value is -2.60. The van der Waals surface area contributed by atoms with Crippen molar-refractivity contribution in [2.24, 2.45) is 11.8 Å². The van der Waals surface area contributed by atoms with Gasteiger partial charge in [0.15, 0.2) is 0 Å². The minimum absolute atomic E-state index is 0.0384. The molecule has 1 atom stereocenters. The van der Waals surface area contributed by atoms with Crippen molar-refractivity contribution >= 4 is 23.1 Å². The Bertz CT molecular complexity index is 870. The zero-order valence-electron chi connectivity index (χ0n) is 17.9. The third-order valence-electron chi connectivity index (χ3n) is 5.93. The monoisotopic (exact) mass is 410 g/mol. The molecule has 2 amide bonds. The quantitative estimate of drug-likeness (QED) is 0.790. The largest absolute Gasteiger partial charge is 0.338 e. The molecule has 0 radical (unpaired) electrons. The number of benzene rings is 2. The van der Waals surface area contributed by atoms with E-state index in [4.69, 9.17) is 0 Å². The van der Waals surface area contributed by atoms with Crippen molar-refractivity contribution < 1.29 is 9.18 Å². The van der Waals surface area contributed by atoms with Gasteiger partial charge in [-0.15, -0.1) is 0 Å². The molecule has 0 saturated carbocycles. The number of fused-ring (bicyclic) bond motifs is 1. The zero-order valence-corrected chi connectivity index (χ0v) is 17.9. The fourth-order valence-corrected chi connectivity index (χ4v) is 4.55. The van der Waals surface area contributed by atoms with Gasteiger partial charge in [-0.2, -0.15) is 0 Å². The van der Waals surface area contributed by atoms with Crippen LogP contribution in [0.1, 0.15) is 20.3 Å². The van der Waals surface area contributed by atoms with E-state index in [1.54, 1.807) is 12.1 Å². The van der Waals surface area contributed by atoms with Crippen LogP contribution in [0.5, 0.6) is 0 Å². The molecule has 0 aliphatic carbocycles. The van der Waals surface area contributed by atoms with Crippen LogP contribution in [-0.2, 0) is 0 Å². The first-order valence-corrected chi connectivity index (χ1v) is 10.9. The molecule has 5 nitrogen and oxygen atoms in total. The lowest BCUT2D eigenvalue weighted by Crippen LogP contribution is -2.48. The lowest BCUT2D eigenvalue weighted by atomic mass is 10.1. The third-order valence-corrected chi connectivity index (χ3v) is 5.93. The van der Waals surface area contributed by atoms with E-state index in [1.807, 2.05) is 29.2 Å².